The Hall–Kier alpha value is -3.58. The number of aromatic nitrogens is 2. The van der Waals surface area contributed by atoms with Gasteiger partial charge >= 0.3 is 11.6 Å². The number of carbonyl (C=O) groups excluding carboxylic acids is 1. The highest BCUT2D eigenvalue weighted by molar-refractivity contribution is 5.97. The van der Waals surface area contributed by atoms with E-state index in [1.54, 1.807) is 0 Å². The van der Waals surface area contributed by atoms with E-state index in [1.807, 2.05) is 0 Å². The summed E-state index contributed by atoms with van der Waals surface area (Å²) in [5, 5.41) is 49.4. The van der Waals surface area contributed by atoms with Crippen LogP contribution in [0.25, 0.3) is 0 Å². The van der Waals surface area contributed by atoms with E-state index in [1.165, 1.54) is 12.1 Å². The molecule has 2 rings (SSSR count). The molecule has 2 atom stereocenters. The second-order valence-corrected chi connectivity index (χ2v) is 5.27. The number of carbonyl (C=O) groups is 1. The summed E-state index contributed by atoms with van der Waals surface area (Å²) in [5.41, 5.74) is -1.23. The molecule has 0 saturated heterocycles. The summed E-state index contributed by atoms with van der Waals surface area (Å²) in [6.45, 7) is -0.705. The molecule has 2 unspecified atom stereocenters. The molecule has 0 aliphatic heterocycles. The Bertz CT molecular complexity index is 850. The first-order valence-electron chi connectivity index (χ1n) is 7.41. The number of benzene rings is 1. The Morgan fingerprint density at radius 1 is 1.30 bits per heavy atom. The fourth-order valence-corrected chi connectivity index (χ4v) is 2.28. The van der Waals surface area contributed by atoms with Gasteiger partial charge in [-0.1, -0.05) is 0 Å². The second kappa shape index (κ2) is 8.20. The molecular formula is C14H15N5O8. The molecule has 1 aromatic heterocycles. The minimum Gasteiger partial charge on any atom is -0.475 e. The lowest BCUT2D eigenvalue weighted by Crippen LogP contribution is -2.42. The number of amides is 1. The number of aliphatic hydroxyl groups excluding tert-OH is 2. The maximum atomic E-state index is 12.3. The summed E-state index contributed by atoms with van der Waals surface area (Å²) in [6.07, 6.45) is -1.43. The molecule has 2 aromatic rings. The summed E-state index contributed by atoms with van der Waals surface area (Å²) in [4.78, 5) is 32.6. The molecule has 13 heteroatoms. The van der Waals surface area contributed by atoms with Gasteiger partial charge < -0.3 is 20.3 Å². The van der Waals surface area contributed by atoms with Gasteiger partial charge in [0, 0.05) is 12.1 Å². The van der Waals surface area contributed by atoms with Crippen LogP contribution in [0.3, 0.4) is 0 Å². The summed E-state index contributed by atoms with van der Waals surface area (Å²) >= 11 is 0. The van der Waals surface area contributed by atoms with Crippen molar-refractivity contribution in [2.75, 3.05) is 13.7 Å². The van der Waals surface area contributed by atoms with Gasteiger partial charge in [-0.2, -0.15) is 0 Å². The minimum absolute atomic E-state index is 0.191. The van der Waals surface area contributed by atoms with E-state index < -0.39 is 51.8 Å². The van der Waals surface area contributed by atoms with Crippen molar-refractivity contribution < 1.29 is 29.6 Å². The fourth-order valence-electron chi connectivity index (χ4n) is 2.28. The monoisotopic (exact) mass is 381 g/mol. The molecule has 1 amide bonds. The van der Waals surface area contributed by atoms with Crippen LogP contribution in [0.4, 0.5) is 11.4 Å². The SMILES string of the molecule is COc1n[nH]c(C(=O)NC(CO)C(O)c2ccc([N+](=O)[O-])cc2)c1[N+](=O)[O-]. The third-order valence-corrected chi connectivity index (χ3v) is 3.65. The van der Waals surface area contributed by atoms with E-state index in [4.69, 9.17) is 4.74 Å². The number of aromatic amines is 1. The van der Waals surface area contributed by atoms with Crippen LogP contribution in [0.2, 0.25) is 0 Å². The normalized spacial score (nSPS) is 12.9. The molecule has 1 aromatic carbocycles. The van der Waals surface area contributed by atoms with Gasteiger partial charge in [-0.25, -0.2) is 0 Å². The number of hydrogen-bond acceptors (Lipinski definition) is 9. The van der Waals surface area contributed by atoms with Gasteiger partial charge in [0.25, 0.3) is 11.6 Å². The number of rotatable bonds is 8. The molecule has 27 heavy (non-hydrogen) atoms. The quantitative estimate of drug-likeness (QED) is 0.361. The average Bonchev–Trinajstić information content (AvgIpc) is 3.10. The molecule has 144 valence electrons. The van der Waals surface area contributed by atoms with E-state index in [2.05, 4.69) is 15.5 Å². The topological polar surface area (TPSA) is 194 Å². The van der Waals surface area contributed by atoms with Gasteiger partial charge in [0.2, 0.25) is 5.69 Å². The summed E-state index contributed by atoms with van der Waals surface area (Å²) in [6, 6.07) is 3.59. The second-order valence-electron chi connectivity index (χ2n) is 5.27. The number of H-pyrrole nitrogens is 1. The van der Waals surface area contributed by atoms with E-state index in [-0.39, 0.29) is 11.3 Å². The third-order valence-electron chi connectivity index (χ3n) is 3.65. The van der Waals surface area contributed by atoms with Crippen LogP contribution in [-0.4, -0.2) is 55.9 Å². The van der Waals surface area contributed by atoms with Gasteiger partial charge in [-0.3, -0.25) is 30.1 Å². The molecule has 0 aliphatic carbocycles. The number of methoxy groups -OCH3 is 1. The first kappa shape index (κ1) is 19.7. The largest absolute Gasteiger partial charge is 0.475 e. The molecule has 0 fully saturated rings. The summed E-state index contributed by atoms with van der Waals surface area (Å²) in [5.74, 6) is -1.40. The Morgan fingerprint density at radius 3 is 2.41 bits per heavy atom. The predicted molar refractivity (Wildman–Crippen MR) is 88.2 cm³/mol. The van der Waals surface area contributed by atoms with Gasteiger partial charge in [0.15, 0.2) is 0 Å². The molecule has 1 heterocycles. The molecule has 0 aliphatic rings. The first-order valence-corrected chi connectivity index (χ1v) is 7.41. The number of nitrogens with zero attached hydrogens (tertiary/aromatic N) is 3. The van der Waals surface area contributed by atoms with Crippen molar-refractivity contribution in [3.63, 3.8) is 0 Å². The Labute approximate surface area is 150 Å². The zero-order chi connectivity index (χ0) is 20.1. The zero-order valence-corrected chi connectivity index (χ0v) is 13.9. The molecule has 0 bridgehead atoms. The highest BCUT2D eigenvalue weighted by atomic mass is 16.6. The van der Waals surface area contributed by atoms with Gasteiger partial charge in [0.05, 0.1) is 29.6 Å². The van der Waals surface area contributed by atoms with Crippen molar-refractivity contribution in [1.29, 1.82) is 0 Å². The van der Waals surface area contributed by atoms with Crippen molar-refractivity contribution in [2.45, 2.75) is 12.1 Å². The maximum absolute atomic E-state index is 12.3. The van der Waals surface area contributed by atoms with Crippen molar-refractivity contribution in [2.24, 2.45) is 0 Å². The molecule has 13 nitrogen and oxygen atoms in total. The van der Waals surface area contributed by atoms with Crippen LogP contribution >= 0.6 is 0 Å². The lowest BCUT2D eigenvalue weighted by atomic mass is 10.0. The van der Waals surface area contributed by atoms with E-state index in [9.17, 15) is 35.2 Å². The fraction of sp³-hybridized carbons (Fsp3) is 0.286. The Morgan fingerprint density at radius 2 is 1.93 bits per heavy atom. The number of nitro groups is 2. The molecule has 0 radical (unpaired) electrons. The number of ether oxygens (including phenoxy) is 1. The number of aliphatic hydroxyl groups is 2. The third kappa shape index (κ3) is 4.16. The minimum atomic E-state index is -1.43. The Kier molecular flexibility index (Phi) is 5.99. The van der Waals surface area contributed by atoms with Crippen molar-refractivity contribution in [1.82, 2.24) is 15.5 Å². The average molecular weight is 381 g/mol. The van der Waals surface area contributed by atoms with Crippen LogP contribution in [-0.2, 0) is 0 Å². The van der Waals surface area contributed by atoms with Gasteiger partial charge in [0.1, 0.15) is 6.10 Å². The van der Waals surface area contributed by atoms with Crippen LogP contribution in [0, 0.1) is 20.2 Å². The van der Waals surface area contributed by atoms with Crippen molar-refractivity contribution >= 4 is 17.3 Å². The van der Waals surface area contributed by atoms with E-state index in [0.29, 0.717) is 0 Å². The van der Waals surface area contributed by atoms with E-state index >= 15 is 0 Å². The standard InChI is InChI=1S/C14H15N5O8/c1-27-14-11(19(25)26)10(16-17-14)13(22)15-9(6-20)12(21)7-2-4-8(5-3-7)18(23)24/h2-5,9,12,20-21H,6H2,1H3,(H,15,22)(H,16,17). The highest BCUT2D eigenvalue weighted by Crippen LogP contribution is 2.28. The molecule has 0 spiro atoms. The zero-order valence-electron chi connectivity index (χ0n) is 13.9. The lowest BCUT2D eigenvalue weighted by Gasteiger charge is -2.22. The van der Waals surface area contributed by atoms with E-state index in [0.717, 1.165) is 19.2 Å². The summed E-state index contributed by atoms with van der Waals surface area (Å²) in [7, 11) is 1.14. The first-order chi connectivity index (χ1) is 12.8. The molecular weight excluding hydrogens is 366 g/mol. The number of hydrogen-bond donors (Lipinski definition) is 4. The Balaban J connectivity index is 2.21. The van der Waals surface area contributed by atoms with Crippen LogP contribution in [0.1, 0.15) is 22.2 Å². The number of nitrogens with one attached hydrogen (secondary N) is 2. The van der Waals surface area contributed by atoms with Crippen LogP contribution in [0.5, 0.6) is 5.88 Å². The number of non-ortho nitro benzene ring substituents is 1. The van der Waals surface area contributed by atoms with Crippen molar-refractivity contribution in [3.05, 3.63) is 55.8 Å². The molecule has 4 N–H and O–H groups in total. The predicted octanol–water partition coefficient (Wildman–Crippen LogP) is 0.0590. The molecule has 0 saturated carbocycles. The maximum Gasteiger partial charge on any atom is 0.362 e. The summed E-state index contributed by atoms with van der Waals surface area (Å²) < 4.78 is 4.70. The van der Waals surface area contributed by atoms with Crippen molar-refractivity contribution in [3.8, 4) is 5.88 Å². The van der Waals surface area contributed by atoms with Gasteiger partial charge in [-0.15, -0.1) is 5.10 Å². The lowest BCUT2D eigenvalue weighted by molar-refractivity contribution is -0.386. The number of nitro benzene ring substituents is 1. The smallest absolute Gasteiger partial charge is 0.362 e. The van der Waals surface area contributed by atoms with Crippen LogP contribution < -0.4 is 10.1 Å². The van der Waals surface area contributed by atoms with Gasteiger partial charge in [-0.05, 0) is 17.7 Å². The van der Waals surface area contributed by atoms with Crippen LogP contribution in [0.15, 0.2) is 24.3 Å². The highest BCUT2D eigenvalue weighted by Gasteiger charge is 2.32.